The Morgan fingerprint density at radius 3 is 2.62 bits per heavy atom. The molecule has 21 heavy (non-hydrogen) atoms. The molecule has 0 atom stereocenters. The van der Waals surface area contributed by atoms with Gasteiger partial charge in [0.25, 0.3) is 5.56 Å². The van der Waals surface area contributed by atoms with Crippen LogP contribution in [0.25, 0.3) is 11.6 Å². The summed E-state index contributed by atoms with van der Waals surface area (Å²) < 4.78 is 2.19. The number of nitriles is 2. The summed E-state index contributed by atoms with van der Waals surface area (Å²) in [5, 5.41) is 18.0. The second-order valence-electron chi connectivity index (χ2n) is 4.00. The van der Waals surface area contributed by atoms with E-state index in [1.165, 1.54) is 4.57 Å². The van der Waals surface area contributed by atoms with Crippen LogP contribution in [0.1, 0.15) is 5.56 Å². The predicted octanol–water partition coefficient (Wildman–Crippen LogP) is 0.517. The van der Waals surface area contributed by atoms with Crippen LogP contribution in [0, 0.1) is 22.7 Å². The molecule has 102 valence electrons. The highest BCUT2D eigenvalue weighted by molar-refractivity contribution is 7.07. The molecule has 6 heteroatoms. The Kier molecular flexibility index (Phi) is 4.45. The normalized spacial score (nSPS) is 10.7. The van der Waals surface area contributed by atoms with Crippen molar-refractivity contribution < 1.29 is 0 Å². The lowest BCUT2D eigenvalue weighted by Crippen LogP contribution is -2.31. The SMILES string of the molecule is C=CCn1c(=C(C#N)C#N)sc(=Cc2ccncc2)c1=O. The second-order valence-corrected chi connectivity index (χ2v) is 5.03. The highest BCUT2D eigenvalue weighted by Gasteiger charge is 2.07. The third-order valence-electron chi connectivity index (χ3n) is 2.66. The van der Waals surface area contributed by atoms with Crippen LogP contribution in [0.15, 0.2) is 42.0 Å². The van der Waals surface area contributed by atoms with Gasteiger partial charge in [-0.1, -0.05) is 6.08 Å². The van der Waals surface area contributed by atoms with E-state index in [9.17, 15) is 4.79 Å². The van der Waals surface area contributed by atoms with Crippen LogP contribution in [0.4, 0.5) is 0 Å². The van der Waals surface area contributed by atoms with Crippen LogP contribution in [-0.4, -0.2) is 9.55 Å². The molecule has 0 spiro atoms. The van der Waals surface area contributed by atoms with Crippen molar-refractivity contribution in [1.82, 2.24) is 9.55 Å². The molecule has 2 rings (SSSR count). The van der Waals surface area contributed by atoms with Crippen LogP contribution in [0.3, 0.4) is 0 Å². The average Bonchev–Trinajstić information content (AvgIpc) is 2.80. The van der Waals surface area contributed by atoms with Crippen LogP contribution < -0.4 is 14.8 Å². The molecule has 0 saturated heterocycles. The summed E-state index contributed by atoms with van der Waals surface area (Å²) in [4.78, 5) is 16.3. The standard InChI is InChI=1S/C15H10N4OS/c1-2-7-19-14(20)13(8-11-3-5-18-6-4-11)21-15(19)12(9-16)10-17/h2-6,8H,1,7H2. The van der Waals surface area contributed by atoms with Crippen molar-refractivity contribution >= 4 is 23.0 Å². The fourth-order valence-electron chi connectivity index (χ4n) is 1.73. The second kappa shape index (κ2) is 6.47. The maximum atomic E-state index is 12.4. The summed E-state index contributed by atoms with van der Waals surface area (Å²) in [5.41, 5.74) is 0.513. The fraction of sp³-hybridized carbons (Fsp3) is 0.0667. The van der Waals surface area contributed by atoms with Crippen molar-refractivity contribution in [2.75, 3.05) is 0 Å². The molecule has 0 N–H and O–H groups in total. The minimum Gasteiger partial charge on any atom is -0.293 e. The summed E-state index contributed by atoms with van der Waals surface area (Å²) in [6.07, 6.45) is 6.53. The van der Waals surface area contributed by atoms with Crippen molar-refractivity contribution in [1.29, 1.82) is 10.5 Å². The molecule has 0 amide bonds. The summed E-state index contributed by atoms with van der Waals surface area (Å²) in [7, 11) is 0. The average molecular weight is 294 g/mol. The van der Waals surface area contributed by atoms with Gasteiger partial charge in [-0.05, 0) is 23.8 Å². The molecular weight excluding hydrogens is 284 g/mol. The van der Waals surface area contributed by atoms with Gasteiger partial charge in [0.05, 0.1) is 4.53 Å². The van der Waals surface area contributed by atoms with Gasteiger partial charge in [-0.15, -0.1) is 17.9 Å². The number of hydrogen-bond acceptors (Lipinski definition) is 5. The Morgan fingerprint density at radius 2 is 2.05 bits per heavy atom. The smallest absolute Gasteiger partial charge is 0.269 e. The fourth-order valence-corrected chi connectivity index (χ4v) is 2.79. The van der Waals surface area contributed by atoms with Gasteiger partial charge < -0.3 is 0 Å². The largest absolute Gasteiger partial charge is 0.293 e. The van der Waals surface area contributed by atoms with Gasteiger partial charge >= 0.3 is 0 Å². The minimum absolute atomic E-state index is 0.0756. The zero-order valence-electron chi connectivity index (χ0n) is 11.0. The van der Waals surface area contributed by atoms with Gasteiger partial charge in [-0.2, -0.15) is 10.5 Å². The Balaban J connectivity index is 2.82. The zero-order chi connectivity index (χ0) is 15.2. The van der Waals surface area contributed by atoms with Crippen molar-refractivity contribution in [2.24, 2.45) is 0 Å². The molecule has 0 saturated carbocycles. The molecule has 0 fully saturated rings. The highest BCUT2D eigenvalue weighted by Crippen LogP contribution is 1.97. The van der Waals surface area contributed by atoms with E-state index in [2.05, 4.69) is 11.6 Å². The first-order valence-electron chi connectivity index (χ1n) is 5.98. The Morgan fingerprint density at radius 1 is 1.38 bits per heavy atom. The van der Waals surface area contributed by atoms with Gasteiger partial charge in [0, 0.05) is 18.9 Å². The van der Waals surface area contributed by atoms with E-state index in [0.717, 1.165) is 16.9 Å². The molecule has 0 unspecified atom stereocenters. The number of thiazole rings is 1. The lowest BCUT2D eigenvalue weighted by molar-refractivity contribution is 0.775. The summed E-state index contributed by atoms with van der Waals surface area (Å²) in [6, 6.07) is 7.19. The molecule has 0 bridgehead atoms. The third kappa shape index (κ3) is 2.97. The van der Waals surface area contributed by atoms with Crippen molar-refractivity contribution in [3.8, 4) is 12.1 Å². The van der Waals surface area contributed by atoms with E-state index in [1.54, 1.807) is 36.7 Å². The molecule has 0 aromatic carbocycles. The van der Waals surface area contributed by atoms with Crippen LogP contribution >= 0.6 is 11.3 Å². The van der Waals surface area contributed by atoms with E-state index < -0.39 is 0 Å². The van der Waals surface area contributed by atoms with Gasteiger partial charge in [-0.3, -0.25) is 14.3 Å². The van der Waals surface area contributed by atoms with Gasteiger partial charge in [0.15, 0.2) is 5.57 Å². The van der Waals surface area contributed by atoms with Crippen LogP contribution in [0.5, 0.6) is 0 Å². The Hall–Kier alpha value is -2.96. The number of pyridine rings is 1. The zero-order valence-corrected chi connectivity index (χ0v) is 11.8. The van der Waals surface area contributed by atoms with E-state index in [1.807, 2.05) is 12.1 Å². The molecule has 0 aliphatic rings. The molecule has 0 aliphatic heterocycles. The lowest BCUT2D eigenvalue weighted by Gasteiger charge is -1.94. The molecular formula is C15H10N4OS. The number of allylic oxidation sites excluding steroid dienone is 1. The Bertz CT molecular complexity index is 907. The molecule has 2 aromatic heterocycles. The predicted molar refractivity (Wildman–Crippen MR) is 80.5 cm³/mol. The van der Waals surface area contributed by atoms with Crippen LogP contribution in [-0.2, 0) is 6.54 Å². The van der Waals surface area contributed by atoms with Crippen LogP contribution in [0.2, 0.25) is 0 Å². The van der Waals surface area contributed by atoms with Crippen molar-refractivity contribution in [2.45, 2.75) is 6.54 Å². The monoisotopic (exact) mass is 294 g/mol. The summed E-state index contributed by atoms with van der Waals surface area (Å²) >= 11 is 1.12. The lowest BCUT2D eigenvalue weighted by atomic mass is 10.2. The molecule has 0 aliphatic carbocycles. The minimum atomic E-state index is -0.241. The van der Waals surface area contributed by atoms with Gasteiger partial charge in [0.2, 0.25) is 0 Å². The van der Waals surface area contributed by atoms with Crippen molar-refractivity contribution in [3.63, 3.8) is 0 Å². The molecule has 0 radical (unpaired) electrons. The first-order valence-corrected chi connectivity index (χ1v) is 6.79. The van der Waals surface area contributed by atoms with Crippen molar-refractivity contribution in [3.05, 3.63) is 62.3 Å². The van der Waals surface area contributed by atoms with E-state index >= 15 is 0 Å². The first kappa shape index (κ1) is 14.4. The topological polar surface area (TPSA) is 82.5 Å². The summed E-state index contributed by atoms with van der Waals surface area (Å²) in [5.74, 6) is 0. The molecule has 5 nitrogen and oxygen atoms in total. The number of hydrogen-bond donors (Lipinski definition) is 0. The number of rotatable bonds is 3. The van der Waals surface area contributed by atoms with Gasteiger partial charge in [-0.25, -0.2) is 0 Å². The first-order chi connectivity index (χ1) is 10.2. The third-order valence-corrected chi connectivity index (χ3v) is 3.79. The Labute approximate surface area is 124 Å². The number of aromatic nitrogens is 2. The summed E-state index contributed by atoms with van der Waals surface area (Å²) in [6.45, 7) is 3.85. The molecule has 2 heterocycles. The highest BCUT2D eigenvalue weighted by atomic mass is 32.1. The van der Waals surface area contributed by atoms with Gasteiger partial charge in [0.1, 0.15) is 16.8 Å². The quantitative estimate of drug-likeness (QED) is 0.773. The maximum Gasteiger partial charge on any atom is 0.269 e. The number of nitrogens with zero attached hydrogens (tertiary/aromatic N) is 4. The molecule has 2 aromatic rings. The maximum absolute atomic E-state index is 12.4. The van der Waals surface area contributed by atoms with E-state index in [4.69, 9.17) is 10.5 Å². The van der Waals surface area contributed by atoms with E-state index in [-0.39, 0.29) is 17.7 Å². The van der Waals surface area contributed by atoms with E-state index in [0.29, 0.717) is 9.20 Å².